The van der Waals surface area contributed by atoms with E-state index in [0.717, 1.165) is 55.9 Å². The van der Waals surface area contributed by atoms with Crippen LogP contribution >= 0.6 is 0 Å². The summed E-state index contributed by atoms with van der Waals surface area (Å²) >= 11 is 0. The molecule has 122 valence electrons. The van der Waals surface area contributed by atoms with Gasteiger partial charge in [0.25, 0.3) is 5.91 Å². The molecule has 1 unspecified atom stereocenters. The first-order valence-corrected chi connectivity index (χ1v) is 8.34. The number of aryl methyl sites for hydroxylation is 1. The van der Waals surface area contributed by atoms with Crippen molar-refractivity contribution in [2.45, 2.75) is 44.9 Å². The standard InChI is InChI=1S/C16H21N5O2/c1-10-2-3-13-12(8-10)14(19-18-13)16(22)21-6-4-11(5-7-21)15-17-9-23-20-15/h9-11H,2-8H2,1H3,(H,18,19). The van der Waals surface area contributed by atoms with Crippen LogP contribution in [0.2, 0.25) is 0 Å². The van der Waals surface area contributed by atoms with Gasteiger partial charge in [0.15, 0.2) is 11.5 Å². The summed E-state index contributed by atoms with van der Waals surface area (Å²) in [5.74, 6) is 1.72. The highest BCUT2D eigenvalue weighted by Crippen LogP contribution is 2.29. The third kappa shape index (κ3) is 2.64. The number of fused-ring (bicyclic) bond motifs is 1. The Morgan fingerprint density at radius 2 is 2.17 bits per heavy atom. The molecule has 1 aliphatic carbocycles. The average molecular weight is 315 g/mol. The molecule has 2 aromatic heterocycles. The van der Waals surface area contributed by atoms with Crippen LogP contribution in [0.5, 0.6) is 0 Å². The minimum atomic E-state index is 0.0585. The Bertz CT molecular complexity index is 685. The fourth-order valence-electron chi connectivity index (χ4n) is 3.70. The molecule has 1 aliphatic heterocycles. The maximum Gasteiger partial charge on any atom is 0.274 e. The van der Waals surface area contributed by atoms with Gasteiger partial charge in [0.05, 0.1) is 0 Å². The summed E-state index contributed by atoms with van der Waals surface area (Å²) in [6.07, 6.45) is 6.22. The largest absolute Gasteiger partial charge is 0.343 e. The molecule has 7 nitrogen and oxygen atoms in total. The van der Waals surface area contributed by atoms with E-state index < -0.39 is 0 Å². The molecule has 1 amide bonds. The van der Waals surface area contributed by atoms with Crippen LogP contribution in [0.4, 0.5) is 0 Å². The number of nitrogens with one attached hydrogen (secondary N) is 1. The molecular formula is C16H21N5O2. The lowest BCUT2D eigenvalue weighted by molar-refractivity contribution is 0.0703. The number of likely N-dealkylation sites (tertiary alicyclic amines) is 1. The minimum Gasteiger partial charge on any atom is -0.343 e. The lowest BCUT2D eigenvalue weighted by Crippen LogP contribution is -2.38. The maximum atomic E-state index is 12.8. The second-order valence-corrected chi connectivity index (χ2v) is 6.73. The van der Waals surface area contributed by atoms with Gasteiger partial charge in [-0.25, -0.2) is 0 Å². The summed E-state index contributed by atoms with van der Waals surface area (Å²) in [5.41, 5.74) is 2.91. The Balaban J connectivity index is 1.46. The summed E-state index contributed by atoms with van der Waals surface area (Å²) in [6, 6.07) is 0. The number of H-pyrrole nitrogens is 1. The third-order valence-corrected chi connectivity index (χ3v) is 5.12. The first-order valence-electron chi connectivity index (χ1n) is 8.34. The Hall–Kier alpha value is -2.18. The van der Waals surface area contributed by atoms with E-state index >= 15 is 0 Å². The van der Waals surface area contributed by atoms with Crippen molar-refractivity contribution in [2.75, 3.05) is 13.1 Å². The number of aromatic amines is 1. The molecule has 0 bridgehead atoms. The SMILES string of the molecule is CC1CCc2[nH]nc(C(=O)N3CCC(c4ncon4)CC3)c2C1. The molecule has 0 aromatic carbocycles. The zero-order valence-electron chi connectivity index (χ0n) is 13.3. The monoisotopic (exact) mass is 315 g/mol. The van der Waals surface area contributed by atoms with Gasteiger partial charge in [-0.05, 0) is 38.0 Å². The summed E-state index contributed by atoms with van der Waals surface area (Å²) in [5, 5.41) is 11.3. The van der Waals surface area contributed by atoms with Crippen molar-refractivity contribution in [3.63, 3.8) is 0 Å². The molecule has 7 heteroatoms. The third-order valence-electron chi connectivity index (χ3n) is 5.12. The van der Waals surface area contributed by atoms with Crippen molar-refractivity contribution in [2.24, 2.45) is 5.92 Å². The molecule has 1 N–H and O–H groups in total. The zero-order chi connectivity index (χ0) is 15.8. The number of nitrogens with zero attached hydrogens (tertiary/aromatic N) is 4. The predicted molar refractivity (Wildman–Crippen MR) is 82.0 cm³/mol. The molecule has 4 rings (SSSR count). The molecule has 2 aliphatic rings. The first-order chi connectivity index (χ1) is 11.2. The first kappa shape index (κ1) is 14.4. The number of amides is 1. The van der Waals surface area contributed by atoms with Gasteiger partial charge in [-0.3, -0.25) is 9.89 Å². The van der Waals surface area contributed by atoms with Crippen LogP contribution in [0.25, 0.3) is 0 Å². The molecule has 1 fully saturated rings. The van der Waals surface area contributed by atoms with E-state index in [1.54, 1.807) is 0 Å². The van der Waals surface area contributed by atoms with E-state index in [2.05, 4.69) is 27.3 Å². The molecule has 0 spiro atoms. The highest BCUT2D eigenvalue weighted by atomic mass is 16.5. The average Bonchev–Trinajstić information content (AvgIpc) is 3.24. The van der Waals surface area contributed by atoms with E-state index in [4.69, 9.17) is 4.52 Å². The van der Waals surface area contributed by atoms with Crippen molar-refractivity contribution in [3.05, 3.63) is 29.2 Å². The lowest BCUT2D eigenvalue weighted by atomic mass is 9.87. The Labute approximate surface area is 134 Å². The molecule has 1 saturated heterocycles. The fourth-order valence-corrected chi connectivity index (χ4v) is 3.70. The fraction of sp³-hybridized carbons (Fsp3) is 0.625. The highest BCUT2D eigenvalue weighted by molar-refractivity contribution is 5.94. The number of hydrogen-bond acceptors (Lipinski definition) is 5. The van der Waals surface area contributed by atoms with Gasteiger partial charge in [-0.2, -0.15) is 10.1 Å². The van der Waals surface area contributed by atoms with Gasteiger partial charge in [-0.1, -0.05) is 12.1 Å². The summed E-state index contributed by atoms with van der Waals surface area (Å²) in [6.45, 7) is 3.67. The van der Waals surface area contributed by atoms with Crippen LogP contribution in [-0.2, 0) is 12.8 Å². The molecular weight excluding hydrogens is 294 g/mol. The second kappa shape index (κ2) is 5.79. The Kier molecular flexibility index (Phi) is 3.63. The molecule has 0 radical (unpaired) electrons. The Morgan fingerprint density at radius 3 is 2.91 bits per heavy atom. The van der Waals surface area contributed by atoms with Gasteiger partial charge in [0, 0.05) is 30.3 Å². The van der Waals surface area contributed by atoms with Gasteiger partial charge < -0.3 is 9.42 Å². The van der Waals surface area contributed by atoms with Crippen LogP contribution in [-0.4, -0.2) is 44.2 Å². The van der Waals surface area contributed by atoms with E-state index in [1.807, 2.05) is 4.90 Å². The number of hydrogen-bond donors (Lipinski definition) is 1. The predicted octanol–water partition coefficient (Wildman–Crippen LogP) is 1.94. The van der Waals surface area contributed by atoms with Gasteiger partial charge in [-0.15, -0.1) is 0 Å². The number of carbonyl (C=O) groups is 1. The molecule has 3 heterocycles. The maximum absolute atomic E-state index is 12.8. The van der Waals surface area contributed by atoms with E-state index in [1.165, 1.54) is 12.8 Å². The van der Waals surface area contributed by atoms with Crippen molar-refractivity contribution < 1.29 is 9.32 Å². The Morgan fingerprint density at radius 1 is 1.35 bits per heavy atom. The normalized spacial score (nSPS) is 22.1. The van der Waals surface area contributed by atoms with Crippen LogP contribution in [0, 0.1) is 5.92 Å². The number of aromatic nitrogens is 4. The molecule has 0 saturated carbocycles. The number of rotatable bonds is 2. The number of piperidine rings is 1. The van der Waals surface area contributed by atoms with Crippen molar-refractivity contribution >= 4 is 5.91 Å². The molecule has 1 atom stereocenters. The quantitative estimate of drug-likeness (QED) is 0.915. The molecule has 2 aromatic rings. The van der Waals surface area contributed by atoms with E-state index in [-0.39, 0.29) is 11.8 Å². The van der Waals surface area contributed by atoms with Crippen LogP contribution < -0.4 is 0 Å². The smallest absolute Gasteiger partial charge is 0.274 e. The van der Waals surface area contributed by atoms with Gasteiger partial charge in [0.2, 0.25) is 6.39 Å². The van der Waals surface area contributed by atoms with Crippen LogP contribution in [0.3, 0.4) is 0 Å². The van der Waals surface area contributed by atoms with Gasteiger partial charge in [0.1, 0.15) is 0 Å². The number of carbonyl (C=O) groups excluding carboxylic acids is 1. The van der Waals surface area contributed by atoms with Crippen molar-refractivity contribution in [3.8, 4) is 0 Å². The van der Waals surface area contributed by atoms with Crippen LogP contribution in [0.1, 0.15) is 59.7 Å². The summed E-state index contributed by atoms with van der Waals surface area (Å²) in [7, 11) is 0. The second-order valence-electron chi connectivity index (χ2n) is 6.73. The zero-order valence-corrected chi connectivity index (χ0v) is 13.3. The van der Waals surface area contributed by atoms with E-state index in [9.17, 15) is 4.79 Å². The summed E-state index contributed by atoms with van der Waals surface area (Å²) in [4.78, 5) is 18.9. The van der Waals surface area contributed by atoms with Crippen LogP contribution in [0.15, 0.2) is 10.9 Å². The van der Waals surface area contributed by atoms with Gasteiger partial charge >= 0.3 is 0 Å². The lowest BCUT2D eigenvalue weighted by Gasteiger charge is -2.30. The van der Waals surface area contributed by atoms with E-state index in [0.29, 0.717) is 11.6 Å². The van der Waals surface area contributed by atoms with Crippen molar-refractivity contribution in [1.29, 1.82) is 0 Å². The van der Waals surface area contributed by atoms with Crippen molar-refractivity contribution in [1.82, 2.24) is 25.2 Å². The topological polar surface area (TPSA) is 87.9 Å². The summed E-state index contributed by atoms with van der Waals surface area (Å²) < 4.78 is 4.82. The minimum absolute atomic E-state index is 0.0585. The highest BCUT2D eigenvalue weighted by Gasteiger charge is 2.31. The molecule has 23 heavy (non-hydrogen) atoms.